The van der Waals surface area contributed by atoms with E-state index in [1.807, 2.05) is 0 Å². The standard InChI is InChI=1S/C10H9F3N4O2S/c1-6-8(20(14,18)19)5-17(16-6)9-4-7(2-3-15-9)10(11,12)13/h2-5H,1H3,(H2,14,18,19). The molecule has 0 spiro atoms. The Kier molecular flexibility index (Phi) is 3.30. The minimum atomic E-state index is -4.53. The minimum absolute atomic E-state index is 0.0757. The summed E-state index contributed by atoms with van der Waals surface area (Å²) in [6, 6.07) is 1.57. The van der Waals surface area contributed by atoms with E-state index in [-0.39, 0.29) is 16.4 Å². The fourth-order valence-electron chi connectivity index (χ4n) is 1.56. The molecular weight excluding hydrogens is 297 g/mol. The number of rotatable bonds is 2. The molecule has 0 saturated heterocycles. The van der Waals surface area contributed by atoms with E-state index in [4.69, 9.17) is 5.14 Å². The van der Waals surface area contributed by atoms with Crippen LogP contribution in [0.3, 0.4) is 0 Å². The van der Waals surface area contributed by atoms with Crippen LogP contribution in [0.25, 0.3) is 5.82 Å². The summed E-state index contributed by atoms with van der Waals surface area (Å²) in [4.78, 5) is 3.46. The van der Waals surface area contributed by atoms with Crippen molar-refractivity contribution in [2.45, 2.75) is 18.0 Å². The third-order valence-corrected chi connectivity index (χ3v) is 3.48. The van der Waals surface area contributed by atoms with Crippen LogP contribution in [-0.2, 0) is 16.2 Å². The summed E-state index contributed by atoms with van der Waals surface area (Å²) in [5.74, 6) is -0.155. The van der Waals surface area contributed by atoms with Crippen molar-refractivity contribution in [2.24, 2.45) is 5.14 Å². The van der Waals surface area contributed by atoms with Gasteiger partial charge in [-0.3, -0.25) is 0 Å². The number of aryl methyl sites for hydroxylation is 1. The molecule has 108 valence electrons. The molecule has 0 bridgehead atoms. The second-order valence-corrected chi connectivity index (χ2v) is 5.50. The van der Waals surface area contributed by atoms with Crippen LogP contribution in [0.5, 0.6) is 0 Å². The van der Waals surface area contributed by atoms with Crippen molar-refractivity contribution in [3.63, 3.8) is 0 Å². The predicted molar refractivity (Wildman–Crippen MR) is 62.5 cm³/mol. The van der Waals surface area contributed by atoms with Gasteiger partial charge < -0.3 is 0 Å². The number of primary sulfonamides is 1. The lowest BCUT2D eigenvalue weighted by molar-refractivity contribution is -0.137. The van der Waals surface area contributed by atoms with Crippen molar-refractivity contribution in [2.75, 3.05) is 0 Å². The van der Waals surface area contributed by atoms with Crippen LogP contribution < -0.4 is 5.14 Å². The summed E-state index contributed by atoms with van der Waals surface area (Å²) in [5, 5.41) is 8.76. The molecule has 6 nitrogen and oxygen atoms in total. The first-order chi connectivity index (χ1) is 9.09. The third-order valence-electron chi connectivity index (χ3n) is 2.47. The molecule has 20 heavy (non-hydrogen) atoms. The number of alkyl halides is 3. The fraction of sp³-hybridized carbons (Fsp3) is 0.200. The maximum absolute atomic E-state index is 12.6. The lowest BCUT2D eigenvalue weighted by Gasteiger charge is -2.07. The van der Waals surface area contributed by atoms with Gasteiger partial charge in [-0.15, -0.1) is 0 Å². The highest BCUT2D eigenvalue weighted by atomic mass is 32.2. The molecule has 0 aromatic carbocycles. The van der Waals surface area contributed by atoms with Crippen LogP contribution in [-0.4, -0.2) is 23.2 Å². The van der Waals surface area contributed by atoms with Gasteiger partial charge in [0.05, 0.1) is 17.5 Å². The molecule has 2 aromatic heterocycles. The van der Waals surface area contributed by atoms with E-state index < -0.39 is 21.8 Å². The second kappa shape index (κ2) is 4.56. The molecule has 0 unspecified atom stereocenters. The number of hydrogen-bond donors (Lipinski definition) is 1. The highest BCUT2D eigenvalue weighted by Crippen LogP contribution is 2.29. The van der Waals surface area contributed by atoms with E-state index in [0.717, 1.165) is 29.2 Å². The first kappa shape index (κ1) is 14.5. The van der Waals surface area contributed by atoms with Gasteiger partial charge in [0.25, 0.3) is 0 Å². The molecule has 2 N–H and O–H groups in total. The van der Waals surface area contributed by atoms with Crippen LogP contribution in [0.15, 0.2) is 29.4 Å². The number of aromatic nitrogens is 3. The summed E-state index contributed by atoms with van der Waals surface area (Å²) in [7, 11) is -3.99. The Bertz CT molecular complexity index is 752. The smallest absolute Gasteiger partial charge is 0.237 e. The van der Waals surface area contributed by atoms with Crippen molar-refractivity contribution < 1.29 is 21.6 Å². The van der Waals surface area contributed by atoms with Crippen molar-refractivity contribution in [3.8, 4) is 5.82 Å². The van der Waals surface area contributed by atoms with Gasteiger partial charge in [-0.05, 0) is 19.1 Å². The number of pyridine rings is 1. The van der Waals surface area contributed by atoms with Gasteiger partial charge in [-0.25, -0.2) is 23.2 Å². The van der Waals surface area contributed by atoms with Gasteiger partial charge in [-0.1, -0.05) is 0 Å². The molecule has 2 rings (SSSR count). The third kappa shape index (κ3) is 2.80. The zero-order valence-electron chi connectivity index (χ0n) is 10.1. The van der Waals surface area contributed by atoms with E-state index in [2.05, 4.69) is 10.1 Å². The Labute approximate surface area is 112 Å². The van der Waals surface area contributed by atoms with E-state index in [9.17, 15) is 21.6 Å². The average Bonchev–Trinajstić information content (AvgIpc) is 2.70. The first-order valence-electron chi connectivity index (χ1n) is 5.22. The highest BCUT2D eigenvalue weighted by molar-refractivity contribution is 7.89. The van der Waals surface area contributed by atoms with Crippen LogP contribution in [0.1, 0.15) is 11.3 Å². The summed E-state index contributed by atoms with van der Waals surface area (Å²) in [6.45, 7) is 1.38. The number of hydrogen-bond acceptors (Lipinski definition) is 4. The van der Waals surface area contributed by atoms with Gasteiger partial charge in [0.2, 0.25) is 10.0 Å². The lowest BCUT2D eigenvalue weighted by Crippen LogP contribution is -2.12. The van der Waals surface area contributed by atoms with Crippen LogP contribution in [0, 0.1) is 6.92 Å². The van der Waals surface area contributed by atoms with E-state index >= 15 is 0 Å². The Hall–Kier alpha value is -1.94. The molecular formula is C10H9F3N4O2S. The van der Waals surface area contributed by atoms with Crippen molar-refractivity contribution >= 4 is 10.0 Å². The van der Waals surface area contributed by atoms with E-state index in [1.165, 1.54) is 6.92 Å². The number of nitrogens with zero attached hydrogens (tertiary/aromatic N) is 3. The monoisotopic (exact) mass is 306 g/mol. The maximum Gasteiger partial charge on any atom is 0.416 e. The molecule has 0 atom stereocenters. The number of sulfonamides is 1. The van der Waals surface area contributed by atoms with Gasteiger partial charge >= 0.3 is 6.18 Å². The molecule has 0 amide bonds. The molecule has 0 fully saturated rings. The Morgan fingerprint density at radius 1 is 1.35 bits per heavy atom. The zero-order chi connectivity index (χ0) is 15.1. The zero-order valence-corrected chi connectivity index (χ0v) is 10.9. The Morgan fingerprint density at radius 2 is 2.00 bits per heavy atom. The second-order valence-electron chi connectivity index (χ2n) is 3.97. The largest absolute Gasteiger partial charge is 0.416 e. The predicted octanol–water partition coefficient (Wildman–Crippen LogP) is 1.24. The molecule has 0 aliphatic heterocycles. The minimum Gasteiger partial charge on any atom is -0.237 e. The number of nitrogens with two attached hydrogens (primary N) is 1. The maximum atomic E-state index is 12.6. The molecule has 0 saturated carbocycles. The van der Waals surface area contributed by atoms with Gasteiger partial charge in [0.15, 0.2) is 5.82 Å². The molecule has 2 aromatic rings. The van der Waals surface area contributed by atoms with E-state index in [0.29, 0.717) is 0 Å². The highest BCUT2D eigenvalue weighted by Gasteiger charge is 2.31. The quantitative estimate of drug-likeness (QED) is 0.903. The SMILES string of the molecule is Cc1nn(-c2cc(C(F)(F)F)ccn2)cc1S(N)(=O)=O. The molecule has 0 aliphatic rings. The molecule has 2 heterocycles. The van der Waals surface area contributed by atoms with Crippen molar-refractivity contribution in [1.29, 1.82) is 0 Å². The average molecular weight is 306 g/mol. The van der Waals surface area contributed by atoms with Crippen molar-refractivity contribution in [1.82, 2.24) is 14.8 Å². The van der Waals surface area contributed by atoms with Gasteiger partial charge in [0.1, 0.15) is 4.90 Å². The number of halogens is 3. The summed E-state index contributed by atoms with van der Waals surface area (Å²) in [6.07, 6.45) is -2.54. The summed E-state index contributed by atoms with van der Waals surface area (Å²) >= 11 is 0. The Balaban J connectivity index is 2.54. The normalized spacial score (nSPS) is 12.7. The topological polar surface area (TPSA) is 90.9 Å². The molecule has 10 heteroatoms. The Morgan fingerprint density at radius 3 is 2.50 bits per heavy atom. The molecule has 0 aliphatic carbocycles. The van der Waals surface area contributed by atoms with Gasteiger partial charge in [-0.2, -0.15) is 18.3 Å². The van der Waals surface area contributed by atoms with Crippen LogP contribution in [0.2, 0.25) is 0 Å². The molecule has 0 radical (unpaired) electrons. The fourth-order valence-corrected chi connectivity index (χ4v) is 2.26. The van der Waals surface area contributed by atoms with Crippen LogP contribution in [0.4, 0.5) is 13.2 Å². The van der Waals surface area contributed by atoms with Gasteiger partial charge in [0, 0.05) is 6.20 Å². The first-order valence-corrected chi connectivity index (χ1v) is 6.76. The lowest BCUT2D eigenvalue weighted by atomic mass is 10.2. The summed E-state index contributed by atoms with van der Waals surface area (Å²) < 4.78 is 61.2. The van der Waals surface area contributed by atoms with Crippen molar-refractivity contribution in [3.05, 3.63) is 35.8 Å². The van der Waals surface area contributed by atoms with E-state index in [1.54, 1.807) is 0 Å². The van der Waals surface area contributed by atoms with Crippen LogP contribution >= 0.6 is 0 Å². The summed E-state index contributed by atoms with van der Waals surface area (Å²) in [5.41, 5.74) is -0.834.